The number of hydrogen-bond donors (Lipinski definition) is 4. The molecule has 3 unspecified atom stereocenters. The van der Waals surface area contributed by atoms with Crippen LogP contribution in [0.4, 0.5) is 0 Å². The van der Waals surface area contributed by atoms with E-state index in [9.17, 15) is 24.3 Å². The Labute approximate surface area is 358 Å². The molecular weight excluding hydrogens is 747 g/mol. The first-order valence-electron chi connectivity index (χ1n) is 23.3. The average molecular weight is 834 g/mol. The number of unbranched alkanes of at least 4 members (excludes halogenated alkanes) is 10. The van der Waals surface area contributed by atoms with Gasteiger partial charge in [-0.25, -0.2) is 0 Å². The maximum absolute atomic E-state index is 14.6. The third-order valence-corrected chi connectivity index (χ3v) is 12.6. The van der Waals surface area contributed by atoms with Gasteiger partial charge in [-0.05, 0) is 89.5 Å². The van der Waals surface area contributed by atoms with Crippen molar-refractivity contribution >= 4 is 23.9 Å². The number of nitrogens with one attached hydrogen (secondary N) is 3. The molecule has 3 aliphatic heterocycles. The van der Waals surface area contributed by atoms with Gasteiger partial charge in [-0.1, -0.05) is 77.6 Å². The molecule has 0 aromatic heterocycles. The van der Waals surface area contributed by atoms with Crippen LogP contribution in [-0.4, -0.2) is 80.5 Å². The van der Waals surface area contributed by atoms with Gasteiger partial charge < -0.3 is 35.3 Å². The van der Waals surface area contributed by atoms with Crippen LogP contribution in [0.15, 0.2) is 0 Å². The summed E-state index contributed by atoms with van der Waals surface area (Å²) < 4.78 is 18.6. The van der Waals surface area contributed by atoms with Gasteiger partial charge in [0.15, 0.2) is 0 Å². The Morgan fingerprint density at radius 1 is 0.492 bits per heavy atom. The average Bonchev–Trinajstić information content (AvgIpc) is 3.01. The Bertz CT molecular complexity index is 1340. The summed E-state index contributed by atoms with van der Waals surface area (Å²) >= 11 is 0. The van der Waals surface area contributed by atoms with E-state index in [4.69, 9.17) is 14.2 Å². The summed E-state index contributed by atoms with van der Waals surface area (Å²) in [5.74, 6) is -7.53. The van der Waals surface area contributed by atoms with Crippen molar-refractivity contribution in [3.8, 4) is 0 Å². The molecule has 0 radical (unpaired) electrons. The van der Waals surface area contributed by atoms with Gasteiger partial charge in [0.2, 0.25) is 0 Å². The number of aliphatic carboxylic acids is 1. The zero-order chi connectivity index (χ0) is 44.5. The van der Waals surface area contributed by atoms with Gasteiger partial charge in [-0.3, -0.25) is 19.2 Å². The van der Waals surface area contributed by atoms with Gasteiger partial charge in [0.25, 0.3) is 0 Å². The predicted molar refractivity (Wildman–Crippen MR) is 235 cm³/mol. The third-order valence-electron chi connectivity index (χ3n) is 12.6. The Morgan fingerprint density at radius 3 is 1.14 bits per heavy atom. The van der Waals surface area contributed by atoms with E-state index in [-0.39, 0.29) is 39.7 Å². The largest absolute Gasteiger partial charge is 0.481 e. The number of carbonyl (C=O) groups excluding carboxylic acids is 3. The number of piperidine rings is 3. The van der Waals surface area contributed by atoms with E-state index in [0.29, 0.717) is 44.9 Å². The first kappa shape index (κ1) is 51.1. The fourth-order valence-corrected chi connectivity index (χ4v) is 11.3. The van der Waals surface area contributed by atoms with Crippen LogP contribution in [0.1, 0.15) is 212 Å². The van der Waals surface area contributed by atoms with E-state index in [2.05, 4.69) is 106 Å². The van der Waals surface area contributed by atoms with Gasteiger partial charge >= 0.3 is 23.9 Å². The minimum absolute atomic E-state index is 0.230. The Morgan fingerprint density at radius 2 is 0.797 bits per heavy atom. The van der Waals surface area contributed by atoms with Gasteiger partial charge in [-0.15, -0.1) is 0 Å². The molecule has 4 N–H and O–H groups in total. The molecule has 3 saturated heterocycles. The van der Waals surface area contributed by atoms with Crippen molar-refractivity contribution in [3.63, 3.8) is 0 Å². The zero-order valence-corrected chi connectivity index (χ0v) is 39.7. The summed E-state index contributed by atoms with van der Waals surface area (Å²) in [6.07, 6.45) is 13.8. The maximum atomic E-state index is 14.6. The molecule has 11 nitrogen and oxygen atoms in total. The summed E-state index contributed by atoms with van der Waals surface area (Å²) in [6, 6.07) is 0. The van der Waals surface area contributed by atoms with Gasteiger partial charge in [0, 0.05) is 71.8 Å². The fourth-order valence-electron chi connectivity index (χ4n) is 11.3. The van der Waals surface area contributed by atoms with Crippen LogP contribution in [-0.2, 0) is 33.4 Å². The van der Waals surface area contributed by atoms with Crippen LogP contribution in [0.2, 0.25) is 0 Å². The van der Waals surface area contributed by atoms with Crippen LogP contribution in [0.3, 0.4) is 0 Å². The molecule has 0 amide bonds. The number of carboxylic acids is 1. The summed E-state index contributed by atoms with van der Waals surface area (Å²) in [5, 5.41) is 21.9. The Kier molecular flexibility index (Phi) is 18.4. The second-order valence-electron chi connectivity index (χ2n) is 22.7. The molecule has 3 heterocycles. The molecule has 0 aromatic carbocycles. The molecule has 0 aliphatic carbocycles. The lowest BCUT2D eigenvalue weighted by molar-refractivity contribution is -0.177. The van der Waals surface area contributed by atoms with E-state index in [0.717, 1.165) is 25.7 Å². The van der Waals surface area contributed by atoms with E-state index in [1.165, 1.54) is 38.5 Å². The van der Waals surface area contributed by atoms with E-state index < -0.39 is 66.4 Å². The molecule has 0 spiro atoms. The maximum Gasteiger partial charge on any atom is 0.310 e. The number of carboxylic acid groups (broad SMARTS) is 1. The normalized spacial score (nSPS) is 24.0. The van der Waals surface area contributed by atoms with E-state index in [1.54, 1.807) is 0 Å². The summed E-state index contributed by atoms with van der Waals surface area (Å²) in [4.78, 5) is 56.8. The van der Waals surface area contributed by atoms with Crippen molar-refractivity contribution in [2.24, 2.45) is 17.8 Å². The highest BCUT2D eigenvalue weighted by Gasteiger charge is 2.49. The van der Waals surface area contributed by atoms with Crippen LogP contribution < -0.4 is 16.0 Å². The van der Waals surface area contributed by atoms with Gasteiger partial charge in [0.05, 0.1) is 24.2 Å². The molecule has 0 aromatic rings. The van der Waals surface area contributed by atoms with Crippen LogP contribution in [0.25, 0.3) is 0 Å². The summed E-state index contributed by atoms with van der Waals surface area (Å²) in [5.41, 5.74) is -1.92. The topological polar surface area (TPSA) is 152 Å². The van der Waals surface area contributed by atoms with Gasteiger partial charge in [0.1, 0.15) is 18.3 Å². The lowest BCUT2D eigenvalue weighted by atomic mass is 9.76. The molecule has 3 fully saturated rings. The summed E-state index contributed by atoms with van der Waals surface area (Å²) in [6.45, 7) is 27.0. The first-order chi connectivity index (χ1) is 27.1. The lowest BCUT2D eigenvalue weighted by Gasteiger charge is -2.46. The minimum Gasteiger partial charge on any atom is -0.481 e. The second kappa shape index (κ2) is 21.2. The van der Waals surface area contributed by atoms with Crippen LogP contribution in [0, 0.1) is 17.8 Å². The molecule has 3 rings (SSSR count). The van der Waals surface area contributed by atoms with Crippen molar-refractivity contribution in [3.05, 3.63) is 0 Å². The molecule has 3 atom stereocenters. The summed E-state index contributed by atoms with van der Waals surface area (Å²) in [7, 11) is 0. The Balaban J connectivity index is 1.92. The minimum atomic E-state index is -1.54. The van der Waals surface area contributed by atoms with E-state index in [1.807, 2.05) is 0 Å². The number of ether oxygens (including phenoxy) is 3. The molecule has 0 saturated carbocycles. The highest BCUT2D eigenvalue weighted by atomic mass is 16.6. The molecule has 3 aliphatic rings. The number of rotatable bonds is 22. The smallest absolute Gasteiger partial charge is 0.310 e. The first-order valence-corrected chi connectivity index (χ1v) is 23.3. The molecular formula is C48H87N3O8. The lowest BCUT2D eigenvalue weighted by Crippen LogP contribution is -2.60. The van der Waals surface area contributed by atoms with Crippen LogP contribution in [0.5, 0.6) is 0 Å². The highest BCUT2D eigenvalue weighted by molar-refractivity contribution is 5.89. The zero-order valence-electron chi connectivity index (χ0n) is 39.7. The molecule has 11 heteroatoms. The quantitative estimate of drug-likeness (QED) is 0.0469. The standard InChI is InChI=1S/C48H87N3O8/c1-14-15-16-17-18-19-20-21-22-23-24-25-36(41(55)58-34-29-45(6,7)50-46(8,9)30-34)39(40(53)54)37(42(56)59-35-31-47(10,11)51-48(12,13)32-35)26-38(52)57-33-27-43(2,3)49-44(4,5)28-33/h33-37,39,49-51H,14-32H2,1-13H3,(H,53,54). The Hall–Kier alpha value is -2.24. The van der Waals surface area contributed by atoms with Crippen LogP contribution >= 0.6 is 0 Å². The molecule has 0 bridgehead atoms. The molecule has 342 valence electrons. The third kappa shape index (κ3) is 17.9. The molecule has 59 heavy (non-hydrogen) atoms. The number of hydrogen-bond acceptors (Lipinski definition) is 10. The van der Waals surface area contributed by atoms with Crippen molar-refractivity contribution in [2.75, 3.05) is 0 Å². The van der Waals surface area contributed by atoms with Crippen molar-refractivity contribution in [1.29, 1.82) is 0 Å². The fraction of sp³-hybridized carbons (Fsp3) is 0.917. The predicted octanol–water partition coefficient (Wildman–Crippen LogP) is 9.57. The SMILES string of the molecule is CCCCCCCCCCCCCC(C(=O)OC1CC(C)(C)NC(C)(C)C1)C(C(=O)O)C(CC(=O)OC1CC(C)(C)NC(C)(C)C1)C(=O)OC1CC(C)(C)NC(C)(C)C1. The van der Waals surface area contributed by atoms with Crippen molar-refractivity contribution in [2.45, 2.75) is 264 Å². The van der Waals surface area contributed by atoms with E-state index >= 15 is 0 Å². The van der Waals surface area contributed by atoms with Crippen molar-refractivity contribution in [1.82, 2.24) is 16.0 Å². The number of esters is 3. The highest BCUT2D eigenvalue weighted by Crippen LogP contribution is 2.38. The number of carbonyl (C=O) groups is 4. The van der Waals surface area contributed by atoms with Crippen molar-refractivity contribution < 1.29 is 38.5 Å². The van der Waals surface area contributed by atoms with Gasteiger partial charge in [-0.2, -0.15) is 0 Å². The monoisotopic (exact) mass is 834 g/mol. The second-order valence-corrected chi connectivity index (χ2v) is 22.7.